The van der Waals surface area contributed by atoms with Gasteiger partial charge in [0.2, 0.25) is 0 Å². The molecule has 0 saturated carbocycles. The zero-order chi connectivity index (χ0) is 13.9. The van der Waals surface area contributed by atoms with E-state index in [9.17, 15) is 5.11 Å². The van der Waals surface area contributed by atoms with Crippen LogP contribution in [0.1, 0.15) is 28.7 Å². The van der Waals surface area contributed by atoms with E-state index >= 15 is 0 Å². The van der Waals surface area contributed by atoms with Crippen molar-refractivity contribution in [2.24, 2.45) is 0 Å². The first kappa shape index (κ1) is 14.1. The largest absolute Gasteiger partial charge is 0.380 e. The Labute approximate surface area is 119 Å². The fraction of sp³-hybridized carbons (Fsp3) is 0.294. The lowest BCUT2D eigenvalue weighted by Gasteiger charge is -2.30. The summed E-state index contributed by atoms with van der Waals surface area (Å²) in [5.74, 6) is 0.415. The van der Waals surface area contributed by atoms with E-state index in [0.29, 0.717) is 12.3 Å². The van der Waals surface area contributed by atoms with Gasteiger partial charge in [-0.3, -0.25) is 0 Å². The van der Waals surface area contributed by atoms with Crippen molar-refractivity contribution < 1.29 is 5.11 Å². The highest BCUT2D eigenvalue weighted by atomic mass is 35.5. The molecule has 0 aliphatic carbocycles. The Balaban J connectivity index is 2.59. The van der Waals surface area contributed by atoms with Crippen molar-refractivity contribution >= 4 is 11.6 Å². The van der Waals surface area contributed by atoms with Crippen LogP contribution in [0.4, 0.5) is 0 Å². The van der Waals surface area contributed by atoms with Gasteiger partial charge in [0.15, 0.2) is 0 Å². The Morgan fingerprint density at radius 3 is 2.37 bits per heavy atom. The number of aliphatic hydroxyl groups is 1. The average molecular weight is 275 g/mol. The first-order chi connectivity index (χ1) is 9.08. The van der Waals surface area contributed by atoms with Crippen molar-refractivity contribution in [1.29, 1.82) is 0 Å². The summed E-state index contributed by atoms with van der Waals surface area (Å²) in [5.41, 5.74) is 3.05. The highest BCUT2D eigenvalue weighted by Gasteiger charge is 2.32. The third-order valence-corrected chi connectivity index (χ3v) is 3.74. The Morgan fingerprint density at radius 1 is 1.05 bits per heavy atom. The summed E-state index contributed by atoms with van der Waals surface area (Å²) in [7, 11) is 0. The maximum atomic E-state index is 11.2. The number of hydrogen-bond donors (Lipinski definition) is 1. The van der Waals surface area contributed by atoms with Gasteiger partial charge in [0.1, 0.15) is 5.60 Å². The van der Waals surface area contributed by atoms with Crippen LogP contribution in [0.3, 0.4) is 0 Å². The molecule has 0 aliphatic heterocycles. The molecule has 0 fully saturated rings. The van der Waals surface area contributed by atoms with Crippen molar-refractivity contribution in [3.05, 3.63) is 70.8 Å². The van der Waals surface area contributed by atoms with E-state index in [2.05, 4.69) is 12.1 Å². The molecule has 2 aromatic carbocycles. The van der Waals surface area contributed by atoms with Crippen LogP contribution >= 0.6 is 11.6 Å². The molecule has 0 saturated heterocycles. The molecule has 1 unspecified atom stereocenters. The summed E-state index contributed by atoms with van der Waals surface area (Å²) in [6.45, 7) is 4.06. The average Bonchev–Trinajstić information content (AvgIpc) is 2.42. The van der Waals surface area contributed by atoms with Gasteiger partial charge in [-0.1, -0.05) is 54.1 Å². The topological polar surface area (TPSA) is 20.2 Å². The second-order valence-electron chi connectivity index (χ2n) is 4.98. The molecular weight excluding hydrogens is 256 g/mol. The van der Waals surface area contributed by atoms with Crippen LogP contribution in [0.5, 0.6) is 0 Å². The van der Waals surface area contributed by atoms with Crippen molar-refractivity contribution in [2.75, 3.05) is 5.88 Å². The molecule has 0 bridgehead atoms. The van der Waals surface area contributed by atoms with E-state index in [1.165, 1.54) is 0 Å². The van der Waals surface area contributed by atoms with E-state index in [4.69, 9.17) is 11.6 Å². The first-order valence-corrected chi connectivity index (χ1v) is 7.03. The number of rotatable bonds is 4. The molecule has 1 nitrogen and oxygen atoms in total. The minimum atomic E-state index is -1.01. The molecule has 1 N–H and O–H groups in total. The number of aryl methyl sites for hydroxylation is 2. The SMILES string of the molecule is Cc1ccc(C)c(C(O)(CCCl)c2ccccc2)c1. The highest BCUT2D eigenvalue weighted by Crippen LogP contribution is 2.35. The Hall–Kier alpha value is -1.31. The Bertz CT molecular complexity index is 550. The van der Waals surface area contributed by atoms with E-state index in [0.717, 1.165) is 22.3 Å². The van der Waals surface area contributed by atoms with Crippen LogP contribution in [0.2, 0.25) is 0 Å². The van der Waals surface area contributed by atoms with Crippen LogP contribution in [-0.2, 0) is 5.60 Å². The number of halogens is 1. The molecule has 0 aliphatic rings. The molecule has 0 aromatic heterocycles. The van der Waals surface area contributed by atoms with Crippen LogP contribution in [0, 0.1) is 13.8 Å². The number of alkyl halides is 1. The third-order valence-electron chi connectivity index (χ3n) is 3.55. The lowest BCUT2D eigenvalue weighted by Crippen LogP contribution is -2.29. The fourth-order valence-electron chi connectivity index (χ4n) is 2.47. The lowest BCUT2D eigenvalue weighted by atomic mass is 9.81. The predicted molar refractivity (Wildman–Crippen MR) is 80.7 cm³/mol. The van der Waals surface area contributed by atoms with Crippen molar-refractivity contribution in [3.8, 4) is 0 Å². The van der Waals surface area contributed by atoms with Gasteiger partial charge in [-0.25, -0.2) is 0 Å². The maximum Gasteiger partial charge on any atom is 0.116 e. The van der Waals surface area contributed by atoms with Gasteiger partial charge in [-0.2, -0.15) is 0 Å². The predicted octanol–water partition coefficient (Wildman–Crippen LogP) is 4.17. The van der Waals surface area contributed by atoms with Gasteiger partial charge in [-0.15, -0.1) is 11.6 Å². The maximum absolute atomic E-state index is 11.2. The Morgan fingerprint density at radius 2 is 1.74 bits per heavy atom. The van der Waals surface area contributed by atoms with Crippen molar-refractivity contribution in [1.82, 2.24) is 0 Å². The van der Waals surface area contributed by atoms with Gasteiger partial charge in [-0.05, 0) is 37.0 Å². The molecule has 2 aromatic rings. The molecule has 2 rings (SSSR count). The lowest BCUT2D eigenvalue weighted by molar-refractivity contribution is 0.0768. The fourth-order valence-corrected chi connectivity index (χ4v) is 2.74. The molecular formula is C17H19ClO. The summed E-state index contributed by atoms with van der Waals surface area (Å²) in [6.07, 6.45) is 0.503. The van der Waals surface area contributed by atoms with Gasteiger partial charge in [0.05, 0.1) is 0 Å². The molecule has 0 radical (unpaired) electrons. The summed E-state index contributed by atoms with van der Waals surface area (Å²) < 4.78 is 0. The molecule has 2 heteroatoms. The van der Waals surface area contributed by atoms with Gasteiger partial charge in [0.25, 0.3) is 0 Å². The standard InChI is InChI=1S/C17H19ClO/c1-13-8-9-14(2)16(12-13)17(19,10-11-18)15-6-4-3-5-7-15/h3-9,12,19H,10-11H2,1-2H3. The van der Waals surface area contributed by atoms with Crippen LogP contribution in [0.25, 0.3) is 0 Å². The third kappa shape index (κ3) is 2.83. The second kappa shape index (κ2) is 5.77. The van der Waals surface area contributed by atoms with E-state index in [1.54, 1.807) is 0 Å². The quantitative estimate of drug-likeness (QED) is 0.830. The molecule has 0 spiro atoms. The minimum absolute atomic E-state index is 0.415. The normalized spacial score (nSPS) is 14.1. The zero-order valence-corrected chi connectivity index (χ0v) is 12.1. The molecule has 19 heavy (non-hydrogen) atoms. The van der Waals surface area contributed by atoms with Crippen molar-refractivity contribution in [3.63, 3.8) is 0 Å². The van der Waals surface area contributed by atoms with E-state index in [1.807, 2.05) is 50.2 Å². The van der Waals surface area contributed by atoms with E-state index in [-0.39, 0.29) is 0 Å². The van der Waals surface area contributed by atoms with Crippen LogP contribution in [0.15, 0.2) is 48.5 Å². The highest BCUT2D eigenvalue weighted by molar-refractivity contribution is 6.17. The zero-order valence-electron chi connectivity index (χ0n) is 11.4. The summed E-state index contributed by atoms with van der Waals surface area (Å²) in [6, 6.07) is 15.9. The molecule has 100 valence electrons. The van der Waals surface area contributed by atoms with Crippen LogP contribution < -0.4 is 0 Å². The van der Waals surface area contributed by atoms with Crippen LogP contribution in [-0.4, -0.2) is 11.0 Å². The summed E-state index contributed by atoms with van der Waals surface area (Å²) in [4.78, 5) is 0. The monoisotopic (exact) mass is 274 g/mol. The smallest absolute Gasteiger partial charge is 0.116 e. The van der Waals surface area contributed by atoms with Gasteiger partial charge in [0, 0.05) is 5.88 Å². The summed E-state index contributed by atoms with van der Waals surface area (Å²) >= 11 is 5.92. The number of benzene rings is 2. The summed E-state index contributed by atoms with van der Waals surface area (Å²) in [5, 5.41) is 11.2. The van der Waals surface area contributed by atoms with Crippen molar-refractivity contribution in [2.45, 2.75) is 25.9 Å². The van der Waals surface area contributed by atoms with Gasteiger partial charge < -0.3 is 5.11 Å². The second-order valence-corrected chi connectivity index (χ2v) is 5.36. The molecule has 1 atom stereocenters. The van der Waals surface area contributed by atoms with E-state index < -0.39 is 5.60 Å². The number of hydrogen-bond acceptors (Lipinski definition) is 1. The Kier molecular flexibility index (Phi) is 4.28. The molecule has 0 heterocycles. The van der Waals surface area contributed by atoms with Gasteiger partial charge >= 0.3 is 0 Å². The molecule has 0 amide bonds. The minimum Gasteiger partial charge on any atom is -0.380 e. The first-order valence-electron chi connectivity index (χ1n) is 6.49.